The van der Waals surface area contributed by atoms with Gasteiger partial charge in [-0.05, 0) is 0 Å². The normalized spacial score (nSPS) is 11.4. The van der Waals surface area contributed by atoms with Crippen molar-refractivity contribution in [3.63, 3.8) is 0 Å². The van der Waals surface area contributed by atoms with Gasteiger partial charge in [-0.3, -0.25) is 0 Å². The van der Waals surface area contributed by atoms with Crippen LogP contribution in [-0.2, 0) is 0 Å². The third-order valence-corrected chi connectivity index (χ3v) is 1.30. The SMILES string of the molecule is FC(F)(F)CNc1cnnc(Cl)c1. The molecule has 1 N–H and O–H groups in total. The van der Waals surface area contributed by atoms with Crippen LogP contribution in [0.25, 0.3) is 0 Å². The summed E-state index contributed by atoms with van der Waals surface area (Å²) >= 11 is 5.40. The minimum absolute atomic E-state index is 0.0483. The van der Waals surface area contributed by atoms with Gasteiger partial charge < -0.3 is 5.32 Å². The van der Waals surface area contributed by atoms with E-state index in [4.69, 9.17) is 11.6 Å². The zero-order chi connectivity index (χ0) is 9.90. The standard InChI is InChI=1S/C6H5ClF3N3/c7-5-1-4(2-12-13-5)11-3-6(8,9)10/h1-2H,3H2,(H,11,13). The molecule has 7 heteroatoms. The highest BCUT2D eigenvalue weighted by molar-refractivity contribution is 6.29. The fraction of sp³-hybridized carbons (Fsp3) is 0.333. The minimum atomic E-state index is -4.25. The molecular formula is C6H5ClF3N3. The Labute approximate surface area is 76.9 Å². The van der Waals surface area contributed by atoms with Crippen molar-refractivity contribution in [1.82, 2.24) is 10.2 Å². The van der Waals surface area contributed by atoms with Gasteiger partial charge in [0.05, 0.1) is 11.9 Å². The van der Waals surface area contributed by atoms with Gasteiger partial charge in [0, 0.05) is 6.07 Å². The molecule has 3 nitrogen and oxygen atoms in total. The summed E-state index contributed by atoms with van der Waals surface area (Å²) in [6, 6.07) is 1.26. The number of nitrogens with one attached hydrogen (secondary N) is 1. The molecule has 1 aromatic rings. The van der Waals surface area contributed by atoms with E-state index in [1.165, 1.54) is 6.07 Å². The van der Waals surface area contributed by atoms with Crippen LogP contribution in [0.5, 0.6) is 0 Å². The van der Waals surface area contributed by atoms with Crippen molar-refractivity contribution in [2.24, 2.45) is 0 Å². The average molecular weight is 212 g/mol. The van der Waals surface area contributed by atoms with Crippen molar-refractivity contribution in [3.8, 4) is 0 Å². The van der Waals surface area contributed by atoms with Crippen molar-refractivity contribution >= 4 is 17.3 Å². The molecule has 13 heavy (non-hydrogen) atoms. The third kappa shape index (κ3) is 3.93. The van der Waals surface area contributed by atoms with Crippen LogP contribution in [0.3, 0.4) is 0 Å². The Morgan fingerprint density at radius 1 is 1.46 bits per heavy atom. The number of halogens is 4. The smallest absolute Gasteiger partial charge is 0.375 e. The average Bonchev–Trinajstić information content (AvgIpc) is 2.00. The monoisotopic (exact) mass is 211 g/mol. The molecule has 1 heterocycles. The Morgan fingerprint density at radius 3 is 2.69 bits per heavy atom. The summed E-state index contributed by atoms with van der Waals surface area (Å²) < 4.78 is 35.1. The fourth-order valence-corrected chi connectivity index (χ4v) is 0.801. The molecular weight excluding hydrogens is 207 g/mol. The molecule has 0 atom stereocenters. The molecule has 0 fully saturated rings. The second kappa shape index (κ2) is 3.78. The van der Waals surface area contributed by atoms with E-state index in [-0.39, 0.29) is 10.8 Å². The van der Waals surface area contributed by atoms with Gasteiger partial charge in [0.25, 0.3) is 0 Å². The van der Waals surface area contributed by atoms with Gasteiger partial charge >= 0.3 is 6.18 Å². The summed E-state index contributed by atoms with van der Waals surface area (Å²) in [4.78, 5) is 0. The summed E-state index contributed by atoms with van der Waals surface area (Å²) in [7, 11) is 0. The lowest BCUT2D eigenvalue weighted by atomic mass is 10.4. The van der Waals surface area contributed by atoms with Gasteiger partial charge in [-0.2, -0.15) is 18.3 Å². The molecule has 0 aromatic carbocycles. The number of hydrogen-bond acceptors (Lipinski definition) is 3. The van der Waals surface area contributed by atoms with Crippen molar-refractivity contribution in [1.29, 1.82) is 0 Å². The quantitative estimate of drug-likeness (QED) is 0.814. The molecule has 72 valence electrons. The van der Waals surface area contributed by atoms with Crippen LogP contribution in [0.15, 0.2) is 12.3 Å². The lowest BCUT2D eigenvalue weighted by Crippen LogP contribution is -2.21. The van der Waals surface area contributed by atoms with E-state index in [0.29, 0.717) is 0 Å². The van der Waals surface area contributed by atoms with Crippen molar-refractivity contribution in [2.45, 2.75) is 6.18 Å². The molecule has 0 aliphatic heterocycles. The van der Waals surface area contributed by atoms with Gasteiger partial charge in [0.15, 0.2) is 5.15 Å². The Balaban J connectivity index is 2.55. The Kier molecular flexibility index (Phi) is 2.92. The van der Waals surface area contributed by atoms with Gasteiger partial charge in [-0.1, -0.05) is 11.6 Å². The van der Waals surface area contributed by atoms with Crippen LogP contribution in [0.2, 0.25) is 5.15 Å². The molecule has 1 aromatic heterocycles. The third-order valence-electron chi connectivity index (χ3n) is 1.12. The van der Waals surface area contributed by atoms with E-state index in [1.807, 2.05) is 0 Å². The van der Waals surface area contributed by atoms with Crippen LogP contribution in [0.1, 0.15) is 0 Å². The predicted octanol–water partition coefficient (Wildman–Crippen LogP) is 2.10. The van der Waals surface area contributed by atoms with Gasteiger partial charge in [-0.15, -0.1) is 5.10 Å². The molecule has 0 amide bonds. The minimum Gasteiger partial charge on any atom is -0.375 e. The number of anilines is 1. The molecule has 0 unspecified atom stereocenters. The van der Waals surface area contributed by atoms with Crippen LogP contribution in [0, 0.1) is 0 Å². The van der Waals surface area contributed by atoms with Crippen molar-refractivity contribution < 1.29 is 13.2 Å². The summed E-state index contributed by atoms with van der Waals surface area (Å²) in [5, 5.41) is 8.91. The number of hydrogen-bond donors (Lipinski definition) is 1. The first kappa shape index (κ1) is 10.0. The first-order chi connectivity index (χ1) is 5.97. The zero-order valence-electron chi connectivity index (χ0n) is 6.27. The molecule has 0 radical (unpaired) electrons. The van der Waals surface area contributed by atoms with E-state index in [2.05, 4.69) is 15.5 Å². The van der Waals surface area contributed by atoms with E-state index in [1.54, 1.807) is 0 Å². The van der Waals surface area contributed by atoms with Crippen molar-refractivity contribution in [2.75, 3.05) is 11.9 Å². The first-order valence-corrected chi connectivity index (χ1v) is 3.64. The molecule has 0 saturated heterocycles. The van der Waals surface area contributed by atoms with Crippen LogP contribution in [-0.4, -0.2) is 22.9 Å². The van der Waals surface area contributed by atoms with Gasteiger partial charge in [-0.25, -0.2) is 0 Å². The maximum absolute atomic E-state index is 11.7. The van der Waals surface area contributed by atoms with Gasteiger partial charge in [0.1, 0.15) is 6.54 Å². The Morgan fingerprint density at radius 2 is 2.15 bits per heavy atom. The maximum atomic E-state index is 11.7. The predicted molar refractivity (Wildman–Crippen MR) is 41.6 cm³/mol. The number of aromatic nitrogens is 2. The Bertz CT molecular complexity index is 289. The van der Waals surface area contributed by atoms with Crippen LogP contribution < -0.4 is 5.32 Å². The summed E-state index contributed by atoms with van der Waals surface area (Å²) in [6.07, 6.45) is -3.09. The highest BCUT2D eigenvalue weighted by Crippen LogP contribution is 2.16. The largest absolute Gasteiger partial charge is 0.405 e. The van der Waals surface area contributed by atoms with Gasteiger partial charge in [0.2, 0.25) is 0 Å². The lowest BCUT2D eigenvalue weighted by Gasteiger charge is -2.08. The second-order valence-corrected chi connectivity index (χ2v) is 2.62. The lowest BCUT2D eigenvalue weighted by molar-refractivity contribution is -0.115. The van der Waals surface area contributed by atoms with Crippen LogP contribution >= 0.6 is 11.6 Å². The first-order valence-electron chi connectivity index (χ1n) is 3.26. The zero-order valence-corrected chi connectivity index (χ0v) is 7.02. The topological polar surface area (TPSA) is 37.8 Å². The van der Waals surface area contributed by atoms with Crippen LogP contribution in [0.4, 0.5) is 18.9 Å². The molecule has 0 saturated carbocycles. The summed E-state index contributed by atoms with van der Waals surface area (Å²) in [6.45, 7) is -1.12. The maximum Gasteiger partial charge on any atom is 0.405 e. The summed E-state index contributed by atoms with van der Waals surface area (Å²) in [5.41, 5.74) is 0.192. The number of rotatable bonds is 2. The molecule has 0 spiro atoms. The molecule has 1 rings (SSSR count). The molecule has 0 aliphatic carbocycles. The highest BCUT2D eigenvalue weighted by atomic mass is 35.5. The highest BCUT2D eigenvalue weighted by Gasteiger charge is 2.26. The summed E-state index contributed by atoms with van der Waals surface area (Å²) in [5.74, 6) is 0. The van der Waals surface area contributed by atoms with E-state index >= 15 is 0 Å². The van der Waals surface area contributed by atoms with Crippen molar-refractivity contribution in [3.05, 3.63) is 17.4 Å². The van der Waals surface area contributed by atoms with E-state index in [0.717, 1.165) is 6.20 Å². The Hall–Kier alpha value is -1.04. The van der Waals surface area contributed by atoms with E-state index in [9.17, 15) is 13.2 Å². The molecule has 0 bridgehead atoms. The number of nitrogens with zero attached hydrogens (tertiary/aromatic N) is 2. The number of alkyl halides is 3. The molecule has 0 aliphatic rings. The van der Waals surface area contributed by atoms with E-state index < -0.39 is 12.7 Å². The fourth-order valence-electron chi connectivity index (χ4n) is 0.640. The second-order valence-electron chi connectivity index (χ2n) is 2.24.